The number of esters is 1. The minimum absolute atomic E-state index is 0.167. The third-order valence-electron chi connectivity index (χ3n) is 1.76. The second kappa shape index (κ2) is 4.07. The molecule has 2 N–H and O–H groups in total. The molecular formula is C9H18N2O2. The quantitative estimate of drug-likeness (QED) is 0.588. The predicted molar refractivity (Wildman–Crippen MR) is 50.0 cm³/mol. The summed E-state index contributed by atoms with van der Waals surface area (Å²) in [4.78, 5) is 11.5. The zero-order valence-corrected chi connectivity index (χ0v) is 8.52. The number of ether oxygens (including phenoxy) is 1. The Kier molecular flexibility index (Phi) is 3.27. The molecule has 0 aromatic rings. The van der Waals surface area contributed by atoms with Gasteiger partial charge in [0.2, 0.25) is 0 Å². The average Bonchev–Trinajstić information content (AvgIpc) is 2.03. The van der Waals surface area contributed by atoms with Gasteiger partial charge in [0.05, 0.1) is 0 Å². The lowest BCUT2D eigenvalue weighted by Crippen LogP contribution is -2.51. The molecule has 0 radical (unpaired) electrons. The highest BCUT2D eigenvalue weighted by molar-refractivity contribution is 5.76. The summed E-state index contributed by atoms with van der Waals surface area (Å²) < 4.78 is 5.24. The second-order valence-electron chi connectivity index (χ2n) is 4.30. The number of hydrazine groups is 1. The second-order valence-corrected chi connectivity index (χ2v) is 4.30. The van der Waals surface area contributed by atoms with Crippen molar-refractivity contribution in [2.24, 2.45) is 0 Å². The van der Waals surface area contributed by atoms with Crippen molar-refractivity contribution in [1.82, 2.24) is 10.9 Å². The summed E-state index contributed by atoms with van der Waals surface area (Å²) in [5.41, 5.74) is 5.47. The van der Waals surface area contributed by atoms with E-state index in [1.807, 2.05) is 20.8 Å². The Balaban J connectivity index is 2.38. The summed E-state index contributed by atoms with van der Waals surface area (Å²) in [6, 6.07) is -0.187. The first-order valence-corrected chi connectivity index (χ1v) is 4.70. The summed E-state index contributed by atoms with van der Waals surface area (Å²) >= 11 is 0. The van der Waals surface area contributed by atoms with E-state index in [0.29, 0.717) is 0 Å². The Morgan fingerprint density at radius 3 is 2.62 bits per heavy atom. The van der Waals surface area contributed by atoms with Crippen molar-refractivity contribution in [2.75, 3.05) is 6.54 Å². The van der Waals surface area contributed by atoms with Crippen LogP contribution in [0.5, 0.6) is 0 Å². The number of hydrogen-bond acceptors (Lipinski definition) is 4. The van der Waals surface area contributed by atoms with Gasteiger partial charge >= 0.3 is 5.97 Å². The summed E-state index contributed by atoms with van der Waals surface area (Å²) in [5, 5.41) is 0. The molecule has 0 bridgehead atoms. The van der Waals surface area contributed by atoms with E-state index in [9.17, 15) is 4.79 Å². The highest BCUT2D eigenvalue weighted by Crippen LogP contribution is 2.11. The monoisotopic (exact) mass is 186 g/mol. The van der Waals surface area contributed by atoms with Gasteiger partial charge in [0.15, 0.2) is 0 Å². The lowest BCUT2D eigenvalue weighted by atomic mass is 10.1. The molecule has 13 heavy (non-hydrogen) atoms. The maximum absolute atomic E-state index is 11.5. The lowest BCUT2D eigenvalue weighted by molar-refractivity contribution is -0.158. The summed E-state index contributed by atoms with van der Waals surface area (Å²) in [7, 11) is 0. The Hall–Kier alpha value is -0.610. The first kappa shape index (κ1) is 10.5. The minimum atomic E-state index is -0.393. The molecule has 0 aliphatic carbocycles. The summed E-state index contributed by atoms with van der Waals surface area (Å²) in [5.74, 6) is -0.167. The van der Waals surface area contributed by atoms with E-state index in [-0.39, 0.29) is 12.0 Å². The van der Waals surface area contributed by atoms with Crippen LogP contribution >= 0.6 is 0 Å². The zero-order chi connectivity index (χ0) is 9.90. The van der Waals surface area contributed by atoms with Gasteiger partial charge in [0.1, 0.15) is 11.6 Å². The van der Waals surface area contributed by atoms with E-state index >= 15 is 0 Å². The molecule has 1 saturated heterocycles. The molecule has 1 heterocycles. The van der Waals surface area contributed by atoms with Gasteiger partial charge in [0.25, 0.3) is 0 Å². The molecule has 1 aliphatic heterocycles. The van der Waals surface area contributed by atoms with Crippen LogP contribution < -0.4 is 10.9 Å². The van der Waals surface area contributed by atoms with Crippen molar-refractivity contribution in [3.05, 3.63) is 0 Å². The number of carbonyl (C=O) groups excluding carboxylic acids is 1. The maximum atomic E-state index is 11.5. The molecule has 4 nitrogen and oxygen atoms in total. The van der Waals surface area contributed by atoms with Gasteiger partial charge in [-0.25, -0.2) is 5.43 Å². The Bertz CT molecular complexity index is 181. The van der Waals surface area contributed by atoms with Gasteiger partial charge < -0.3 is 4.74 Å². The van der Waals surface area contributed by atoms with Crippen molar-refractivity contribution in [2.45, 2.75) is 45.3 Å². The van der Waals surface area contributed by atoms with Gasteiger partial charge in [-0.05, 0) is 33.6 Å². The molecule has 0 aromatic carbocycles. The van der Waals surface area contributed by atoms with Crippen molar-refractivity contribution in [1.29, 1.82) is 0 Å². The lowest BCUT2D eigenvalue weighted by Gasteiger charge is -2.27. The fourth-order valence-corrected chi connectivity index (χ4v) is 1.21. The number of hydrogen-bond donors (Lipinski definition) is 2. The van der Waals surface area contributed by atoms with Crippen LogP contribution in [0.4, 0.5) is 0 Å². The summed E-state index contributed by atoms with van der Waals surface area (Å²) in [6.07, 6.45) is 1.86. The number of nitrogens with one attached hydrogen (secondary N) is 2. The smallest absolute Gasteiger partial charge is 0.325 e. The number of rotatable bonds is 1. The number of carbonyl (C=O) groups is 1. The molecule has 4 heteroatoms. The van der Waals surface area contributed by atoms with E-state index in [1.54, 1.807) is 0 Å². The van der Waals surface area contributed by atoms with Crippen molar-refractivity contribution in [3.63, 3.8) is 0 Å². The average molecular weight is 186 g/mol. The minimum Gasteiger partial charge on any atom is -0.459 e. The molecule has 0 unspecified atom stereocenters. The summed E-state index contributed by atoms with van der Waals surface area (Å²) in [6.45, 7) is 6.54. The third-order valence-corrected chi connectivity index (χ3v) is 1.76. The molecule has 1 fully saturated rings. The van der Waals surface area contributed by atoms with Crippen LogP contribution in [0.1, 0.15) is 33.6 Å². The molecular weight excluding hydrogens is 168 g/mol. The highest BCUT2D eigenvalue weighted by atomic mass is 16.6. The van der Waals surface area contributed by atoms with Crippen LogP contribution in [0.2, 0.25) is 0 Å². The van der Waals surface area contributed by atoms with Crippen LogP contribution in [0, 0.1) is 0 Å². The third kappa shape index (κ3) is 3.74. The fourth-order valence-electron chi connectivity index (χ4n) is 1.21. The Labute approximate surface area is 79.0 Å². The van der Waals surface area contributed by atoms with Gasteiger partial charge in [0, 0.05) is 6.54 Å². The van der Waals surface area contributed by atoms with Crippen LogP contribution in [0.25, 0.3) is 0 Å². The van der Waals surface area contributed by atoms with Crippen LogP contribution in [0.15, 0.2) is 0 Å². The van der Waals surface area contributed by atoms with Gasteiger partial charge in [-0.15, -0.1) is 0 Å². The fraction of sp³-hybridized carbons (Fsp3) is 0.889. The van der Waals surface area contributed by atoms with Crippen LogP contribution in [-0.2, 0) is 9.53 Å². The van der Waals surface area contributed by atoms with Gasteiger partial charge in [-0.2, -0.15) is 0 Å². The topological polar surface area (TPSA) is 50.4 Å². The first-order valence-electron chi connectivity index (χ1n) is 4.70. The van der Waals surface area contributed by atoms with E-state index in [1.165, 1.54) is 0 Å². The molecule has 0 saturated carbocycles. The molecule has 1 rings (SSSR count). The standard InChI is InChI=1S/C9H18N2O2/c1-9(2,3)13-8(12)7-5-4-6-10-11-7/h7,10-11H,4-6H2,1-3H3/t7-/m0/s1. The van der Waals surface area contributed by atoms with E-state index in [4.69, 9.17) is 4.74 Å². The molecule has 76 valence electrons. The molecule has 0 amide bonds. The normalized spacial score (nSPS) is 24.1. The highest BCUT2D eigenvalue weighted by Gasteiger charge is 2.25. The van der Waals surface area contributed by atoms with Crippen molar-refractivity contribution >= 4 is 5.97 Å². The van der Waals surface area contributed by atoms with Gasteiger partial charge in [-0.3, -0.25) is 10.2 Å². The molecule has 1 aliphatic rings. The molecule has 1 atom stereocenters. The first-order chi connectivity index (χ1) is 5.99. The molecule has 0 spiro atoms. The van der Waals surface area contributed by atoms with E-state index in [0.717, 1.165) is 19.4 Å². The zero-order valence-electron chi connectivity index (χ0n) is 8.52. The Morgan fingerprint density at radius 1 is 1.46 bits per heavy atom. The van der Waals surface area contributed by atoms with E-state index < -0.39 is 5.60 Å². The van der Waals surface area contributed by atoms with Crippen LogP contribution in [-0.4, -0.2) is 24.2 Å². The largest absolute Gasteiger partial charge is 0.459 e. The van der Waals surface area contributed by atoms with Crippen LogP contribution in [0.3, 0.4) is 0 Å². The molecule has 0 aromatic heterocycles. The van der Waals surface area contributed by atoms with Gasteiger partial charge in [-0.1, -0.05) is 0 Å². The van der Waals surface area contributed by atoms with Crippen molar-refractivity contribution in [3.8, 4) is 0 Å². The van der Waals surface area contributed by atoms with Crippen molar-refractivity contribution < 1.29 is 9.53 Å². The maximum Gasteiger partial charge on any atom is 0.325 e. The predicted octanol–water partition coefficient (Wildman–Crippen LogP) is 0.585. The SMILES string of the molecule is CC(C)(C)OC(=O)[C@@H]1CCCNN1. The Morgan fingerprint density at radius 2 is 2.15 bits per heavy atom. The van der Waals surface area contributed by atoms with E-state index in [2.05, 4.69) is 10.9 Å².